The predicted molar refractivity (Wildman–Crippen MR) is 72.6 cm³/mol. The van der Waals surface area contributed by atoms with Crippen LogP contribution in [0.4, 0.5) is 0 Å². The lowest BCUT2D eigenvalue weighted by Gasteiger charge is -2.28. The van der Waals surface area contributed by atoms with Crippen LogP contribution in [0.15, 0.2) is 24.5 Å². The quantitative estimate of drug-likeness (QED) is 0.830. The second-order valence-corrected chi connectivity index (χ2v) is 7.02. The first kappa shape index (κ1) is 14.0. The Hall–Kier alpha value is -1.43. The van der Waals surface area contributed by atoms with Gasteiger partial charge in [-0.1, -0.05) is 6.92 Å². The highest BCUT2D eigenvalue weighted by atomic mass is 32.2. The Bertz CT molecular complexity index is 542. The van der Waals surface area contributed by atoms with E-state index in [9.17, 15) is 13.2 Å². The fourth-order valence-corrected chi connectivity index (χ4v) is 4.10. The fraction of sp³-hybridized carbons (Fsp3) is 0.538. The van der Waals surface area contributed by atoms with E-state index >= 15 is 0 Å². The minimum atomic E-state index is -2.98. The molecule has 0 aromatic carbocycles. The maximum absolute atomic E-state index is 12.4. The third-order valence-electron chi connectivity index (χ3n) is 3.30. The number of nitrogens with zero attached hydrogens (tertiary/aromatic N) is 2. The highest BCUT2D eigenvalue weighted by Crippen LogP contribution is 2.20. The second kappa shape index (κ2) is 5.69. The number of hydrogen-bond acceptors (Lipinski definition) is 4. The molecular weight excluding hydrogens is 264 g/mol. The summed E-state index contributed by atoms with van der Waals surface area (Å²) in [4.78, 5) is 18.0. The lowest BCUT2D eigenvalue weighted by molar-refractivity contribution is 0.0697. The van der Waals surface area contributed by atoms with E-state index < -0.39 is 9.84 Å². The van der Waals surface area contributed by atoms with Crippen LogP contribution in [0.1, 0.15) is 30.1 Å². The van der Waals surface area contributed by atoms with Crippen LogP contribution in [-0.2, 0) is 9.84 Å². The number of pyridine rings is 1. The van der Waals surface area contributed by atoms with Gasteiger partial charge >= 0.3 is 0 Å². The molecule has 1 fully saturated rings. The van der Waals surface area contributed by atoms with Crippen molar-refractivity contribution in [2.24, 2.45) is 0 Å². The molecule has 2 rings (SSSR count). The molecule has 1 aliphatic rings. The van der Waals surface area contributed by atoms with E-state index in [0.29, 0.717) is 18.5 Å². The molecule has 1 aliphatic heterocycles. The molecule has 0 N–H and O–H groups in total. The van der Waals surface area contributed by atoms with Crippen LogP contribution in [0.3, 0.4) is 0 Å². The van der Waals surface area contributed by atoms with Crippen molar-refractivity contribution < 1.29 is 13.2 Å². The molecule has 0 bridgehead atoms. The summed E-state index contributed by atoms with van der Waals surface area (Å²) in [5.41, 5.74) is 0.563. The Morgan fingerprint density at radius 2 is 2.11 bits per heavy atom. The Morgan fingerprint density at radius 3 is 2.63 bits per heavy atom. The standard InChI is InChI=1S/C13H18N2O3S/c1-2-8-15(12-5-9-19(17,18)10-12)13(16)11-3-6-14-7-4-11/h3-4,6-7,12H,2,5,8-10H2,1H3. The Balaban J connectivity index is 2.19. The lowest BCUT2D eigenvalue weighted by Crippen LogP contribution is -2.41. The van der Waals surface area contributed by atoms with Gasteiger partial charge in [-0.2, -0.15) is 0 Å². The van der Waals surface area contributed by atoms with E-state index in [1.54, 1.807) is 29.4 Å². The largest absolute Gasteiger partial charge is 0.335 e. The molecule has 6 heteroatoms. The third-order valence-corrected chi connectivity index (χ3v) is 5.05. The normalized spacial score (nSPS) is 21.2. The van der Waals surface area contributed by atoms with Crippen molar-refractivity contribution in [2.75, 3.05) is 18.1 Å². The van der Waals surface area contributed by atoms with E-state index in [2.05, 4.69) is 4.98 Å². The van der Waals surface area contributed by atoms with Gasteiger partial charge in [0, 0.05) is 30.5 Å². The molecule has 19 heavy (non-hydrogen) atoms. The molecule has 1 amide bonds. The number of aromatic nitrogens is 1. The first-order chi connectivity index (χ1) is 9.03. The van der Waals surface area contributed by atoms with Gasteiger partial charge < -0.3 is 4.90 Å². The summed E-state index contributed by atoms with van der Waals surface area (Å²) in [5, 5.41) is 0. The van der Waals surface area contributed by atoms with Crippen molar-refractivity contribution in [3.8, 4) is 0 Å². The van der Waals surface area contributed by atoms with Crippen LogP contribution in [0.25, 0.3) is 0 Å². The van der Waals surface area contributed by atoms with Gasteiger partial charge in [-0.15, -0.1) is 0 Å². The molecule has 5 nitrogen and oxygen atoms in total. The lowest BCUT2D eigenvalue weighted by atomic mass is 10.1. The Labute approximate surface area is 113 Å². The van der Waals surface area contributed by atoms with Crippen LogP contribution >= 0.6 is 0 Å². The average Bonchev–Trinajstić information content (AvgIpc) is 2.76. The smallest absolute Gasteiger partial charge is 0.254 e. The van der Waals surface area contributed by atoms with Gasteiger partial charge in [-0.25, -0.2) is 8.42 Å². The zero-order chi connectivity index (χ0) is 13.9. The molecule has 1 unspecified atom stereocenters. The van der Waals surface area contributed by atoms with E-state index in [0.717, 1.165) is 6.42 Å². The van der Waals surface area contributed by atoms with E-state index in [-0.39, 0.29) is 23.5 Å². The van der Waals surface area contributed by atoms with E-state index in [4.69, 9.17) is 0 Å². The van der Waals surface area contributed by atoms with Crippen LogP contribution in [-0.4, -0.2) is 48.3 Å². The van der Waals surface area contributed by atoms with Gasteiger partial charge in [0.25, 0.3) is 5.91 Å². The maximum Gasteiger partial charge on any atom is 0.254 e. The summed E-state index contributed by atoms with van der Waals surface area (Å²) in [5.74, 6) is 0.164. The molecule has 2 heterocycles. The Morgan fingerprint density at radius 1 is 1.42 bits per heavy atom. The first-order valence-corrected chi connectivity index (χ1v) is 8.27. The van der Waals surface area contributed by atoms with Crippen molar-refractivity contribution in [3.05, 3.63) is 30.1 Å². The Kier molecular flexibility index (Phi) is 4.19. The van der Waals surface area contributed by atoms with Gasteiger partial charge in [0.15, 0.2) is 9.84 Å². The SMILES string of the molecule is CCCN(C(=O)c1ccncc1)C1CCS(=O)(=O)C1. The van der Waals surface area contributed by atoms with Gasteiger partial charge in [0.05, 0.1) is 11.5 Å². The number of amides is 1. The van der Waals surface area contributed by atoms with Crippen LogP contribution in [0.5, 0.6) is 0 Å². The first-order valence-electron chi connectivity index (χ1n) is 6.45. The molecule has 1 saturated heterocycles. The topological polar surface area (TPSA) is 67.3 Å². The summed E-state index contributed by atoms with van der Waals surface area (Å²) < 4.78 is 23.1. The molecular formula is C13H18N2O3S. The minimum Gasteiger partial charge on any atom is -0.335 e. The average molecular weight is 282 g/mol. The van der Waals surface area contributed by atoms with Crippen molar-refractivity contribution in [3.63, 3.8) is 0 Å². The van der Waals surface area contributed by atoms with Crippen LogP contribution < -0.4 is 0 Å². The summed E-state index contributed by atoms with van der Waals surface area (Å²) in [6, 6.07) is 3.13. The van der Waals surface area contributed by atoms with Crippen molar-refractivity contribution in [1.82, 2.24) is 9.88 Å². The number of hydrogen-bond donors (Lipinski definition) is 0. The van der Waals surface area contributed by atoms with Gasteiger partial charge in [0.1, 0.15) is 0 Å². The van der Waals surface area contributed by atoms with Crippen LogP contribution in [0, 0.1) is 0 Å². The molecule has 0 aliphatic carbocycles. The minimum absolute atomic E-state index is 0.0871. The number of rotatable bonds is 4. The van der Waals surface area contributed by atoms with Gasteiger partial charge in [-0.05, 0) is 25.0 Å². The molecule has 0 radical (unpaired) electrons. The predicted octanol–water partition coefficient (Wildman–Crippen LogP) is 1.12. The van der Waals surface area contributed by atoms with Crippen molar-refractivity contribution in [2.45, 2.75) is 25.8 Å². The van der Waals surface area contributed by atoms with E-state index in [1.165, 1.54) is 0 Å². The highest BCUT2D eigenvalue weighted by molar-refractivity contribution is 7.91. The third kappa shape index (κ3) is 3.32. The number of carbonyl (C=O) groups is 1. The summed E-state index contributed by atoms with van der Waals surface area (Å²) in [6.45, 7) is 2.57. The molecule has 1 aromatic heterocycles. The van der Waals surface area contributed by atoms with Gasteiger partial charge in [0.2, 0.25) is 0 Å². The summed E-state index contributed by atoms with van der Waals surface area (Å²) in [7, 11) is -2.98. The monoisotopic (exact) mass is 282 g/mol. The number of sulfone groups is 1. The zero-order valence-electron chi connectivity index (χ0n) is 10.9. The van der Waals surface area contributed by atoms with Gasteiger partial charge in [-0.3, -0.25) is 9.78 Å². The van der Waals surface area contributed by atoms with Crippen LogP contribution in [0.2, 0.25) is 0 Å². The second-order valence-electron chi connectivity index (χ2n) is 4.79. The maximum atomic E-state index is 12.4. The summed E-state index contributed by atoms with van der Waals surface area (Å²) >= 11 is 0. The van der Waals surface area contributed by atoms with Crippen molar-refractivity contribution >= 4 is 15.7 Å². The highest BCUT2D eigenvalue weighted by Gasteiger charge is 2.34. The molecule has 104 valence electrons. The molecule has 0 saturated carbocycles. The fourth-order valence-electron chi connectivity index (χ4n) is 2.37. The molecule has 1 atom stereocenters. The molecule has 1 aromatic rings. The number of carbonyl (C=O) groups excluding carboxylic acids is 1. The summed E-state index contributed by atoms with van der Waals surface area (Å²) in [6.07, 6.45) is 4.50. The van der Waals surface area contributed by atoms with E-state index in [1.807, 2.05) is 6.92 Å². The van der Waals surface area contributed by atoms with Crippen molar-refractivity contribution in [1.29, 1.82) is 0 Å². The zero-order valence-corrected chi connectivity index (χ0v) is 11.8. The molecule has 0 spiro atoms.